The van der Waals surface area contributed by atoms with Crippen LogP contribution in [0, 0.1) is 11.8 Å². The normalized spacial score (nSPS) is 26.6. The predicted octanol–water partition coefficient (Wildman–Crippen LogP) is 4.87. The SMILES string of the molecule is CCCOc1ccc(C2(N)CCCC(C(C)C)CC2)cc1. The molecular weight excluding hydrogens is 258 g/mol. The zero-order valence-electron chi connectivity index (χ0n) is 13.9. The minimum Gasteiger partial charge on any atom is -0.494 e. The maximum absolute atomic E-state index is 6.75. The highest BCUT2D eigenvalue weighted by Crippen LogP contribution is 2.38. The van der Waals surface area contributed by atoms with E-state index in [-0.39, 0.29) is 5.54 Å². The van der Waals surface area contributed by atoms with Crippen LogP contribution in [0.25, 0.3) is 0 Å². The first-order valence-corrected chi connectivity index (χ1v) is 8.57. The second kappa shape index (κ2) is 7.31. The van der Waals surface area contributed by atoms with Crippen LogP contribution in [0.1, 0.15) is 64.9 Å². The van der Waals surface area contributed by atoms with Gasteiger partial charge in [-0.2, -0.15) is 0 Å². The van der Waals surface area contributed by atoms with Gasteiger partial charge in [-0.3, -0.25) is 0 Å². The summed E-state index contributed by atoms with van der Waals surface area (Å²) in [4.78, 5) is 0. The van der Waals surface area contributed by atoms with Gasteiger partial charge >= 0.3 is 0 Å². The molecule has 1 aliphatic rings. The van der Waals surface area contributed by atoms with Crippen molar-refractivity contribution in [2.75, 3.05) is 6.61 Å². The van der Waals surface area contributed by atoms with E-state index in [1.54, 1.807) is 0 Å². The average Bonchev–Trinajstić information content (AvgIpc) is 2.68. The molecule has 0 bridgehead atoms. The van der Waals surface area contributed by atoms with Gasteiger partial charge in [0.15, 0.2) is 0 Å². The van der Waals surface area contributed by atoms with Gasteiger partial charge in [-0.25, -0.2) is 0 Å². The molecule has 1 fully saturated rings. The summed E-state index contributed by atoms with van der Waals surface area (Å²) in [6, 6.07) is 8.48. The Bertz CT molecular complexity index is 426. The van der Waals surface area contributed by atoms with E-state index in [1.165, 1.54) is 24.8 Å². The molecule has 2 atom stereocenters. The highest BCUT2D eigenvalue weighted by Gasteiger charge is 2.31. The molecule has 1 aromatic carbocycles. The van der Waals surface area contributed by atoms with Crippen LogP contribution >= 0.6 is 0 Å². The van der Waals surface area contributed by atoms with E-state index in [0.29, 0.717) is 0 Å². The van der Waals surface area contributed by atoms with Crippen molar-refractivity contribution in [2.24, 2.45) is 17.6 Å². The molecule has 2 heteroatoms. The van der Waals surface area contributed by atoms with E-state index in [4.69, 9.17) is 10.5 Å². The molecule has 1 saturated carbocycles. The van der Waals surface area contributed by atoms with Crippen LogP contribution < -0.4 is 10.5 Å². The van der Waals surface area contributed by atoms with Crippen LogP contribution in [-0.2, 0) is 5.54 Å². The van der Waals surface area contributed by atoms with Crippen molar-refractivity contribution in [1.82, 2.24) is 0 Å². The van der Waals surface area contributed by atoms with Gasteiger partial charge in [-0.05, 0) is 55.2 Å². The van der Waals surface area contributed by atoms with Gasteiger partial charge in [0.25, 0.3) is 0 Å². The van der Waals surface area contributed by atoms with Crippen molar-refractivity contribution in [1.29, 1.82) is 0 Å². The van der Waals surface area contributed by atoms with Crippen molar-refractivity contribution in [2.45, 2.75) is 64.8 Å². The van der Waals surface area contributed by atoms with Crippen molar-refractivity contribution >= 4 is 0 Å². The third-order valence-corrected chi connectivity index (χ3v) is 5.00. The minimum absolute atomic E-state index is 0.146. The molecule has 0 amide bonds. The van der Waals surface area contributed by atoms with Crippen molar-refractivity contribution in [3.05, 3.63) is 29.8 Å². The highest BCUT2D eigenvalue weighted by molar-refractivity contribution is 5.32. The maximum atomic E-state index is 6.75. The van der Waals surface area contributed by atoms with Crippen LogP contribution in [0.2, 0.25) is 0 Å². The van der Waals surface area contributed by atoms with Crippen molar-refractivity contribution in [3.8, 4) is 5.75 Å². The summed E-state index contributed by atoms with van der Waals surface area (Å²) in [7, 11) is 0. The quantitative estimate of drug-likeness (QED) is 0.785. The van der Waals surface area contributed by atoms with Gasteiger partial charge < -0.3 is 10.5 Å². The second-order valence-electron chi connectivity index (χ2n) is 6.96. The molecule has 2 N–H and O–H groups in total. The number of ether oxygens (including phenoxy) is 1. The Hall–Kier alpha value is -1.02. The third kappa shape index (κ3) is 4.23. The molecular formula is C19H31NO. The first-order chi connectivity index (χ1) is 10.0. The van der Waals surface area contributed by atoms with Crippen molar-refractivity contribution in [3.63, 3.8) is 0 Å². The van der Waals surface area contributed by atoms with Crippen LogP contribution in [-0.4, -0.2) is 6.61 Å². The molecule has 1 aromatic rings. The summed E-state index contributed by atoms with van der Waals surface area (Å²) >= 11 is 0. The fraction of sp³-hybridized carbons (Fsp3) is 0.684. The van der Waals surface area contributed by atoms with Crippen LogP contribution in [0.3, 0.4) is 0 Å². The molecule has 1 aliphatic carbocycles. The van der Waals surface area contributed by atoms with Gasteiger partial charge in [-0.1, -0.05) is 45.7 Å². The van der Waals surface area contributed by atoms with E-state index in [0.717, 1.165) is 43.5 Å². The molecule has 0 spiro atoms. The highest BCUT2D eigenvalue weighted by atomic mass is 16.5. The summed E-state index contributed by atoms with van der Waals surface area (Å²) in [5.41, 5.74) is 7.88. The molecule has 2 nitrogen and oxygen atoms in total. The van der Waals surface area contributed by atoms with Gasteiger partial charge in [0.1, 0.15) is 5.75 Å². The molecule has 118 valence electrons. The number of benzene rings is 1. The Balaban J connectivity index is 2.05. The Labute approximate surface area is 130 Å². The van der Waals surface area contributed by atoms with E-state index in [2.05, 4.69) is 45.0 Å². The molecule has 0 saturated heterocycles. The zero-order chi connectivity index (χ0) is 15.3. The molecule has 2 unspecified atom stereocenters. The minimum atomic E-state index is -0.146. The van der Waals surface area contributed by atoms with E-state index >= 15 is 0 Å². The standard InChI is InChI=1S/C19H31NO/c1-4-14-21-18-9-7-17(8-10-18)19(20)12-5-6-16(11-13-19)15(2)3/h7-10,15-16H,4-6,11-14,20H2,1-3H3. The first kappa shape index (κ1) is 16.4. The fourth-order valence-corrected chi connectivity index (χ4v) is 3.45. The van der Waals surface area contributed by atoms with E-state index in [9.17, 15) is 0 Å². The molecule has 0 aliphatic heterocycles. The predicted molar refractivity (Wildman–Crippen MR) is 89.5 cm³/mol. The van der Waals surface area contributed by atoms with Gasteiger partial charge in [-0.15, -0.1) is 0 Å². The van der Waals surface area contributed by atoms with Gasteiger partial charge in [0.05, 0.1) is 6.61 Å². The Kier molecular flexibility index (Phi) is 5.69. The summed E-state index contributed by atoms with van der Waals surface area (Å²) in [5, 5.41) is 0. The number of rotatable bonds is 5. The fourth-order valence-electron chi connectivity index (χ4n) is 3.45. The van der Waals surface area contributed by atoms with Crippen LogP contribution in [0.4, 0.5) is 0 Å². The lowest BCUT2D eigenvalue weighted by Gasteiger charge is -2.29. The molecule has 2 rings (SSSR count). The Morgan fingerprint density at radius 2 is 1.90 bits per heavy atom. The van der Waals surface area contributed by atoms with Crippen LogP contribution in [0.5, 0.6) is 5.75 Å². The molecule has 0 heterocycles. The lowest BCUT2D eigenvalue weighted by Crippen LogP contribution is -2.36. The average molecular weight is 289 g/mol. The molecule has 0 radical (unpaired) electrons. The second-order valence-corrected chi connectivity index (χ2v) is 6.96. The first-order valence-electron chi connectivity index (χ1n) is 8.57. The van der Waals surface area contributed by atoms with Crippen LogP contribution in [0.15, 0.2) is 24.3 Å². The lowest BCUT2D eigenvalue weighted by atomic mass is 9.82. The summed E-state index contributed by atoms with van der Waals surface area (Å²) in [5.74, 6) is 2.57. The Morgan fingerprint density at radius 1 is 1.19 bits per heavy atom. The zero-order valence-corrected chi connectivity index (χ0v) is 13.9. The monoisotopic (exact) mass is 289 g/mol. The number of nitrogens with two attached hydrogens (primary N) is 1. The lowest BCUT2D eigenvalue weighted by molar-refractivity contribution is 0.315. The molecule has 21 heavy (non-hydrogen) atoms. The summed E-state index contributed by atoms with van der Waals surface area (Å²) < 4.78 is 5.66. The van der Waals surface area contributed by atoms with Gasteiger partial charge in [0, 0.05) is 5.54 Å². The summed E-state index contributed by atoms with van der Waals surface area (Å²) in [6.45, 7) is 7.59. The van der Waals surface area contributed by atoms with Crippen molar-refractivity contribution < 1.29 is 4.74 Å². The third-order valence-electron chi connectivity index (χ3n) is 5.00. The topological polar surface area (TPSA) is 35.2 Å². The number of hydrogen-bond acceptors (Lipinski definition) is 2. The largest absolute Gasteiger partial charge is 0.494 e. The van der Waals surface area contributed by atoms with Gasteiger partial charge in [0.2, 0.25) is 0 Å². The van der Waals surface area contributed by atoms with E-state index in [1.807, 2.05) is 0 Å². The smallest absolute Gasteiger partial charge is 0.119 e. The number of hydrogen-bond donors (Lipinski definition) is 1. The summed E-state index contributed by atoms with van der Waals surface area (Å²) in [6.07, 6.45) is 7.07. The Morgan fingerprint density at radius 3 is 2.52 bits per heavy atom. The van der Waals surface area contributed by atoms with E-state index < -0.39 is 0 Å². The maximum Gasteiger partial charge on any atom is 0.119 e. The molecule has 0 aromatic heterocycles.